The summed E-state index contributed by atoms with van der Waals surface area (Å²) >= 11 is 6.14. The van der Waals surface area contributed by atoms with Crippen LogP contribution in [0.1, 0.15) is 23.2 Å². The van der Waals surface area contributed by atoms with Gasteiger partial charge in [0.15, 0.2) is 0 Å². The number of carbonyl (C=O) groups is 1. The molecule has 1 atom stereocenters. The Morgan fingerprint density at radius 3 is 2.59 bits per heavy atom. The molecule has 0 aliphatic carbocycles. The molecule has 1 unspecified atom stereocenters. The van der Waals surface area contributed by atoms with Gasteiger partial charge in [-0.1, -0.05) is 41.9 Å². The van der Waals surface area contributed by atoms with Gasteiger partial charge in [-0.15, -0.1) is 0 Å². The summed E-state index contributed by atoms with van der Waals surface area (Å²) in [6.07, 6.45) is 2.07. The first-order valence-electron chi connectivity index (χ1n) is 7.59. The van der Waals surface area contributed by atoms with Crippen molar-refractivity contribution in [3.63, 3.8) is 0 Å². The summed E-state index contributed by atoms with van der Waals surface area (Å²) in [5.74, 6) is 0.0187. The van der Waals surface area contributed by atoms with E-state index in [0.29, 0.717) is 17.1 Å². The van der Waals surface area contributed by atoms with Gasteiger partial charge >= 0.3 is 0 Å². The van der Waals surface area contributed by atoms with Crippen LogP contribution in [0.5, 0.6) is 0 Å². The van der Waals surface area contributed by atoms with E-state index in [9.17, 15) is 4.79 Å². The smallest absolute Gasteiger partial charge is 0.255 e. The van der Waals surface area contributed by atoms with Crippen LogP contribution in [0.15, 0.2) is 54.6 Å². The van der Waals surface area contributed by atoms with E-state index >= 15 is 0 Å². The summed E-state index contributed by atoms with van der Waals surface area (Å²) in [5, 5.41) is 4.02. The zero-order valence-electron chi connectivity index (χ0n) is 12.3. The minimum absolute atomic E-state index is 0.0187. The average molecular weight is 315 g/mol. The van der Waals surface area contributed by atoms with Crippen LogP contribution < -0.4 is 5.32 Å². The van der Waals surface area contributed by atoms with E-state index in [1.165, 1.54) is 0 Å². The van der Waals surface area contributed by atoms with Gasteiger partial charge in [0.2, 0.25) is 0 Å². The number of anilines is 1. The fraction of sp³-hybridized carbons (Fsp3) is 0.278. The average Bonchev–Trinajstić information content (AvgIpc) is 2.56. The molecule has 4 heteroatoms. The topological polar surface area (TPSA) is 32.3 Å². The van der Waals surface area contributed by atoms with Crippen LogP contribution in [0.4, 0.5) is 5.69 Å². The summed E-state index contributed by atoms with van der Waals surface area (Å²) in [6, 6.07) is 17.6. The SMILES string of the molecule is O=C(c1ccccc1Cl)N1CCCC(Nc2ccccc2)C1. The molecule has 0 saturated carbocycles. The van der Waals surface area contributed by atoms with Gasteiger partial charge in [-0.2, -0.15) is 0 Å². The van der Waals surface area contributed by atoms with Gasteiger partial charge in [-0.05, 0) is 37.1 Å². The number of amides is 1. The molecular formula is C18H19ClN2O. The molecule has 1 fully saturated rings. The lowest BCUT2D eigenvalue weighted by Gasteiger charge is -2.34. The second-order valence-electron chi connectivity index (χ2n) is 5.58. The van der Waals surface area contributed by atoms with Gasteiger partial charge in [0, 0.05) is 24.8 Å². The van der Waals surface area contributed by atoms with Crippen LogP contribution in [0.25, 0.3) is 0 Å². The predicted octanol–water partition coefficient (Wildman–Crippen LogP) is 4.06. The molecule has 1 amide bonds. The van der Waals surface area contributed by atoms with Gasteiger partial charge in [0.05, 0.1) is 10.6 Å². The molecule has 2 aromatic carbocycles. The maximum Gasteiger partial charge on any atom is 0.255 e. The normalized spacial score (nSPS) is 18.0. The Kier molecular flexibility index (Phi) is 4.64. The molecule has 22 heavy (non-hydrogen) atoms. The fourth-order valence-corrected chi connectivity index (χ4v) is 3.07. The van der Waals surface area contributed by atoms with Crippen molar-refractivity contribution in [3.8, 4) is 0 Å². The van der Waals surface area contributed by atoms with Gasteiger partial charge in [-0.25, -0.2) is 0 Å². The molecule has 0 radical (unpaired) electrons. The highest BCUT2D eigenvalue weighted by Crippen LogP contribution is 2.21. The highest BCUT2D eigenvalue weighted by atomic mass is 35.5. The Morgan fingerprint density at radius 2 is 1.82 bits per heavy atom. The standard InChI is InChI=1S/C18H19ClN2O/c19-17-11-5-4-10-16(17)18(22)21-12-6-9-15(13-21)20-14-7-2-1-3-8-14/h1-5,7-8,10-11,15,20H,6,9,12-13H2. The van der Waals surface area contributed by atoms with Crippen LogP contribution in [0, 0.1) is 0 Å². The van der Waals surface area contributed by atoms with Crippen molar-refractivity contribution < 1.29 is 4.79 Å². The number of carbonyl (C=O) groups excluding carboxylic acids is 1. The first kappa shape index (κ1) is 14.9. The van der Waals surface area contributed by atoms with Crippen LogP contribution >= 0.6 is 11.6 Å². The number of likely N-dealkylation sites (tertiary alicyclic amines) is 1. The maximum absolute atomic E-state index is 12.6. The number of benzene rings is 2. The quantitative estimate of drug-likeness (QED) is 0.926. The molecule has 0 spiro atoms. The maximum atomic E-state index is 12.6. The minimum atomic E-state index is 0.0187. The largest absolute Gasteiger partial charge is 0.381 e. The van der Waals surface area contributed by atoms with Crippen molar-refractivity contribution in [2.45, 2.75) is 18.9 Å². The van der Waals surface area contributed by atoms with Crippen LogP contribution in [-0.4, -0.2) is 29.9 Å². The van der Waals surface area contributed by atoms with Crippen LogP contribution in [0.2, 0.25) is 5.02 Å². The van der Waals surface area contributed by atoms with E-state index in [0.717, 1.165) is 25.1 Å². The first-order chi connectivity index (χ1) is 10.7. The van der Waals surface area contributed by atoms with E-state index in [1.807, 2.05) is 35.2 Å². The number of hydrogen-bond donors (Lipinski definition) is 1. The monoisotopic (exact) mass is 314 g/mol. The number of nitrogens with zero attached hydrogens (tertiary/aromatic N) is 1. The van der Waals surface area contributed by atoms with E-state index in [-0.39, 0.29) is 11.9 Å². The zero-order valence-corrected chi connectivity index (χ0v) is 13.1. The zero-order chi connectivity index (χ0) is 15.4. The minimum Gasteiger partial charge on any atom is -0.381 e. The molecule has 1 N–H and O–H groups in total. The van der Waals surface area contributed by atoms with Gasteiger partial charge < -0.3 is 10.2 Å². The summed E-state index contributed by atoms with van der Waals surface area (Å²) in [7, 11) is 0. The van der Waals surface area contributed by atoms with Crippen molar-refractivity contribution in [1.29, 1.82) is 0 Å². The van der Waals surface area contributed by atoms with E-state index < -0.39 is 0 Å². The van der Waals surface area contributed by atoms with Crippen molar-refractivity contribution in [2.75, 3.05) is 18.4 Å². The lowest BCUT2D eigenvalue weighted by molar-refractivity contribution is 0.0715. The summed E-state index contributed by atoms with van der Waals surface area (Å²) in [4.78, 5) is 14.5. The van der Waals surface area contributed by atoms with E-state index in [2.05, 4.69) is 17.4 Å². The summed E-state index contributed by atoms with van der Waals surface area (Å²) < 4.78 is 0. The Morgan fingerprint density at radius 1 is 1.09 bits per heavy atom. The lowest BCUT2D eigenvalue weighted by Crippen LogP contribution is -2.45. The lowest BCUT2D eigenvalue weighted by atomic mass is 10.0. The Hall–Kier alpha value is -2.00. The van der Waals surface area contributed by atoms with Crippen molar-refractivity contribution in [1.82, 2.24) is 4.90 Å². The molecule has 1 saturated heterocycles. The molecule has 3 rings (SSSR count). The Labute approximate surface area is 135 Å². The van der Waals surface area contributed by atoms with Gasteiger partial charge in [0.25, 0.3) is 5.91 Å². The Bertz CT molecular complexity index is 645. The molecule has 114 valence electrons. The number of rotatable bonds is 3. The molecule has 0 bridgehead atoms. The number of para-hydroxylation sites is 1. The van der Waals surface area contributed by atoms with Crippen molar-refractivity contribution >= 4 is 23.2 Å². The number of hydrogen-bond acceptors (Lipinski definition) is 2. The second kappa shape index (κ2) is 6.84. The highest BCUT2D eigenvalue weighted by molar-refractivity contribution is 6.33. The van der Waals surface area contributed by atoms with Crippen molar-refractivity contribution in [2.24, 2.45) is 0 Å². The van der Waals surface area contributed by atoms with Crippen LogP contribution in [-0.2, 0) is 0 Å². The third-order valence-corrected chi connectivity index (χ3v) is 4.29. The third kappa shape index (κ3) is 3.42. The predicted molar refractivity (Wildman–Crippen MR) is 90.4 cm³/mol. The molecule has 1 heterocycles. The number of piperidine rings is 1. The molecule has 3 nitrogen and oxygen atoms in total. The third-order valence-electron chi connectivity index (χ3n) is 3.96. The van der Waals surface area contributed by atoms with E-state index in [4.69, 9.17) is 11.6 Å². The fourth-order valence-electron chi connectivity index (χ4n) is 2.85. The van der Waals surface area contributed by atoms with Crippen molar-refractivity contribution in [3.05, 3.63) is 65.2 Å². The summed E-state index contributed by atoms with van der Waals surface area (Å²) in [6.45, 7) is 1.50. The number of nitrogens with one attached hydrogen (secondary N) is 1. The van der Waals surface area contributed by atoms with Gasteiger partial charge in [-0.3, -0.25) is 4.79 Å². The number of halogens is 1. The van der Waals surface area contributed by atoms with E-state index in [1.54, 1.807) is 12.1 Å². The molecule has 0 aromatic heterocycles. The molecule has 2 aromatic rings. The molecule has 1 aliphatic heterocycles. The molecular weight excluding hydrogens is 296 g/mol. The molecule has 1 aliphatic rings. The highest BCUT2D eigenvalue weighted by Gasteiger charge is 2.25. The first-order valence-corrected chi connectivity index (χ1v) is 7.97. The summed E-state index contributed by atoms with van der Waals surface area (Å²) in [5.41, 5.74) is 1.68. The second-order valence-corrected chi connectivity index (χ2v) is 5.99. The van der Waals surface area contributed by atoms with Crippen LogP contribution in [0.3, 0.4) is 0 Å². The van der Waals surface area contributed by atoms with Gasteiger partial charge in [0.1, 0.15) is 0 Å². The Balaban J connectivity index is 1.68.